The maximum Gasteiger partial charge on any atom is 0.161 e. The molecule has 3 heteroatoms. The second-order valence-corrected chi connectivity index (χ2v) is 7.10. The highest BCUT2D eigenvalue weighted by Crippen LogP contribution is 2.29. The summed E-state index contributed by atoms with van der Waals surface area (Å²) in [6.45, 7) is 6.78. The molecule has 15 heavy (non-hydrogen) atoms. The van der Waals surface area contributed by atoms with Crippen LogP contribution in [0.4, 0.5) is 0 Å². The maximum absolute atomic E-state index is 5.21. The fraction of sp³-hybridized carbons (Fsp3) is 0.667. The first kappa shape index (κ1) is 12.9. The molecule has 86 valence electrons. The summed E-state index contributed by atoms with van der Waals surface area (Å²) < 4.78 is 5.21. The van der Waals surface area contributed by atoms with Gasteiger partial charge < -0.3 is 4.43 Å². The molecule has 1 nitrogen and oxygen atoms in total. The minimum Gasteiger partial charge on any atom is -0.427 e. The van der Waals surface area contributed by atoms with E-state index in [2.05, 4.69) is 20.8 Å². The number of hydrogen-bond donors (Lipinski definition) is 0. The molecule has 0 saturated carbocycles. The molecule has 0 amide bonds. The molecule has 1 heterocycles. The van der Waals surface area contributed by atoms with Crippen LogP contribution in [0.25, 0.3) is 0 Å². The predicted molar refractivity (Wildman–Crippen MR) is 71.9 cm³/mol. The van der Waals surface area contributed by atoms with Crippen LogP contribution in [0.15, 0.2) is 0 Å². The van der Waals surface area contributed by atoms with E-state index in [1.807, 2.05) is 18.4 Å². The van der Waals surface area contributed by atoms with Gasteiger partial charge in [-0.05, 0) is 50.3 Å². The third-order valence-corrected chi connectivity index (χ3v) is 5.20. The van der Waals surface area contributed by atoms with E-state index in [1.165, 1.54) is 35.1 Å². The van der Waals surface area contributed by atoms with Crippen LogP contribution in [-0.4, -0.2) is 16.9 Å². The van der Waals surface area contributed by atoms with Crippen molar-refractivity contribution in [3.8, 4) is 0 Å². The van der Waals surface area contributed by atoms with E-state index in [-0.39, 0.29) is 9.76 Å². The summed E-state index contributed by atoms with van der Waals surface area (Å²) in [7, 11) is 1.62. The molecule has 0 saturated heterocycles. The van der Waals surface area contributed by atoms with Crippen molar-refractivity contribution in [3.05, 3.63) is 20.9 Å². The smallest absolute Gasteiger partial charge is 0.161 e. The lowest BCUT2D eigenvalue weighted by Gasteiger charge is -2.04. The number of thiophene rings is 1. The standard InChI is InChI=1S/C12H22OSSi/c1-5-11-9(2)14-10(3)12(11)7-6-8-15-13-4/h5-8,15H2,1-4H3. The number of aryl methyl sites for hydroxylation is 2. The average Bonchev–Trinajstić information content (AvgIpc) is 2.48. The molecule has 0 aliphatic carbocycles. The van der Waals surface area contributed by atoms with Crippen LogP contribution in [0.2, 0.25) is 6.04 Å². The minimum atomic E-state index is -0.215. The normalized spacial score (nSPS) is 11.7. The molecule has 0 aromatic carbocycles. The summed E-state index contributed by atoms with van der Waals surface area (Å²) in [5, 5.41) is 0. The van der Waals surface area contributed by atoms with Crippen LogP contribution < -0.4 is 0 Å². The fourth-order valence-corrected chi connectivity index (χ4v) is 4.06. The van der Waals surface area contributed by atoms with Gasteiger partial charge in [-0.25, -0.2) is 0 Å². The Balaban J connectivity index is 2.59. The molecular weight excluding hydrogens is 220 g/mol. The second kappa shape index (κ2) is 6.46. The van der Waals surface area contributed by atoms with Gasteiger partial charge >= 0.3 is 0 Å². The molecule has 1 aromatic heterocycles. The van der Waals surface area contributed by atoms with E-state index < -0.39 is 0 Å². The van der Waals surface area contributed by atoms with Crippen LogP contribution in [0.5, 0.6) is 0 Å². The third-order valence-electron chi connectivity index (χ3n) is 2.90. The van der Waals surface area contributed by atoms with Gasteiger partial charge in [0.15, 0.2) is 9.76 Å². The minimum absolute atomic E-state index is 0.215. The third kappa shape index (κ3) is 3.43. The van der Waals surface area contributed by atoms with Crippen molar-refractivity contribution in [2.24, 2.45) is 0 Å². The fourth-order valence-electron chi connectivity index (χ4n) is 2.12. The Bertz CT molecular complexity index is 307. The van der Waals surface area contributed by atoms with Gasteiger partial charge in [-0.1, -0.05) is 6.92 Å². The van der Waals surface area contributed by atoms with Gasteiger partial charge in [0, 0.05) is 16.9 Å². The molecule has 1 rings (SSSR count). The van der Waals surface area contributed by atoms with Gasteiger partial charge in [-0.3, -0.25) is 0 Å². The van der Waals surface area contributed by atoms with E-state index in [1.54, 1.807) is 11.1 Å². The molecule has 1 aromatic rings. The van der Waals surface area contributed by atoms with Crippen molar-refractivity contribution >= 4 is 21.1 Å². The topological polar surface area (TPSA) is 9.23 Å². The van der Waals surface area contributed by atoms with Gasteiger partial charge in [0.2, 0.25) is 0 Å². The van der Waals surface area contributed by atoms with Crippen molar-refractivity contribution in [1.82, 2.24) is 0 Å². The molecule has 0 aliphatic heterocycles. The largest absolute Gasteiger partial charge is 0.427 e. The Morgan fingerprint density at radius 3 is 2.47 bits per heavy atom. The second-order valence-electron chi connectivity index (χ2n) is 3.98. The Hall–Kier alpha value is -0.123. The monoisotopic (exact) mass is 242 g/mol. The van der Waals surface area contributed by atoms with Gasteiger partial charge in [0.05, 0.1) is 0 Å². The summed E-state index contributed by atoms with van der Waals surface area (Å²) in [5.74, 6) is 0. The molecule has 0 unspecified atom stereocenters. The molecular formula is C12H22OSSi. The summed E-state index contributed by atoms with van der Waals surface area (Å²) in [6.07, 6.45) is 3.76. The van der Waals surface area contributed by atoms with Gasteiger partial charge in [-0.15, -0.1) is 11.3 Å². The van der Waals surface area contributed by atoms with Crippen molar-refractivity contribution in [3.63, 3.8) is 0 Å². The van der Waals surface area contributed by atoms with Gasteiger partial charge in [0.25, 0.3) is 0 Å². The van der Waals surface area contributed by atoms with E-state index in [9.17, 15) is 0 Å². The Kier molecular flexibility index (Phi) is 5.57. The maximum atomic E-state index is 5.21. The van der Waals surface area contributed by atoms with E-state index in [0.29, 0.717) is 0 Å². The molecule has 0 aliphatic rings. The van der Waals surface area contributed by atoms with E-state index in [4.69, 9.17) is 4.43 Å². The lowest BCUT2D eigenvalue weighted by atomic mass is 10.0. The zero-order valence-corrected chi connectivity index (χ0v) is 12.6. The first-order chi connectivity index (χ1) is 7.20. The van der Waals surface area contributed by atoms with Crippen LogP contribution in [-0.2, 0) is 17.3 Å². The Morgan fingerprint density at radius 2 is 1.87 bits per heavy atom. The average molecular weight is 242 g/mol. The van der Waals surface area contributed by atoms with Crippen LogP contribution in [0, 0.1) is 13.8 Å². The quantitative estimate of drug-likeness (QED) is 0.550. The number of hydrogen-bond acceptors (Lipinski definition) is 2. The molecule has 0 N–H and O–H groups in total. The molecule has 0 radical (unpaired) electrons. The van der Waals surface area contributed by atoms with Crippen molar-refractivity contribution in [1.29, 1.82) is 0 Å². The van der Waals surface area contributed by atoms with E-state index in [0.717, 1.165) is 0 Å². The van der Waals surface area contributed by atoms with Crippen LogP contribution in [0.1, 0.15) is 34.2 Å². The first-order valence-corrected chi connectivity index (χ1v) is 8.16. The van der Waals surface area contributed by atoms with Crippen LogP contribution >= 0.6 is 11.3 Å². The van der Waals surface area contributed by atoms with Crippen molar-refractivity contribution in [2.75, 3.05) is 7.11 Å². The van der Waals surface area contributed by atoms with Crippen LogP contribution in [0.3, 0.4) is 0 Å². The summed E-state index contributed by atoms with van der Waals surface area (Å²) >= 11 is 1.96. The highest BCUT2D eigenvalue weighted by atomic mass is 32.1. The van der Waals surface area contributed by atoms with Gasteiger partial charge in [-0.2, -0.15) is 0 Å². The Morgan fingerprint density at radius 1 is 1.20 bits per heavy atom. The van der Waals surface area contributed by atoms with Crippen molar-refractivity contribution in [2.45, 2.75) is 46.1 Å². The molecule has 0 fully saturated rings. The summed E-state index contributed by atoms with van der Waals surface area (Å²) in [6, 6.07) is 1.31. The number of rotatable bonds is 6. The van der Waals surface area contributed by atoms with Gasteiger partial charge in [0.1, 0.15) is 0 Å². The molecule has 0 spiro atoms. The van der Waals surface area contributed by atoms with Crippen molar-refractivity contribution < 1.29 is 4.43 Å². The predicted octanol–water partition coefficient (Wildman–Crippen LogP) is 3.01. The lowest BCUT2D eigenvalue weighted by molar-refractivity contribution is 0.439. The molecule has 0 atom stereocenters. The Labute approximate surface area is 99.8 Å². The summed E-state index contributed by atoms with van der Waals surface area (Å²) in [5.41, 5.74) is 3.24. The lowest BCUT2D eigenvalue weighted by Crippen LogP contribution is -1.96. The highest BCUT2D eigenvalue weighted by molar-refractivity contribution is 7.12. The van der Waals surface area contributed by atoms with E-state index >= 15 is 0 Å². The summed E-state index contributed by atoms with van der Waals surface area (Å²) in [4.78, 5) is 3.05. The highest BCUT2D eigenvalue weighted by Gasteiger charge is 2.10. The molecule has 0 bridgehead atoms. The zero-order valence-electron chi connectivity index (χ0n) is 10.4. The SMILES string of the molecule is CCc1c(C)sc(C)c1CCC[SiH2]OC. The zero-order chi connectivity index (χ0) is 11.3. The first-order valence-electron chi connectivity index (χ1n) is 5.77.